The van der Waals surface area contributed by atoms with Gasteiger partial charge in [-0.1, -0.05) is 12.1 Å². The van der Waals surface area contributed by atoms with Crippen molar-refractivity contribution in [3.63, 3.8) is 0 Å². The minimum Gasteiger partial charge on any atom is -0.192 e. The summed E-state index contributed by atoms with van der Waals surface area (Å²) in [6, 6.07) is 10.6. The predicted octanol–water partition coefficient (Wildman–Crippen LogP) is 1.43. The Morgan fingerprint density at radius 2 is 1.27 bits per heavy atom. The van der Waals surface area contributed by atoms with Gasteiger partial charge in [0, 0.05) is 0 Å². The minimum atomic E-state index is 0. The topological polar surface area (TPSA) is 47.6 Å². The summed E-state index contributed by atoms with van der Waals surface area (Å²) >= 11 is 0. The maximum atomic E-state index is 8.45. The van der Waals surface area contributed by atoms with E-state index in [2.05, 4.69) is 0 Å². The van der Waals surface area contributed by atoms with Gasteiger partial charge in [0.1, 0.15) is 12.1 Å². The third kappa shape index (κ3) is 2.09. The quantitative estimate of drug-likeness (QED) is 0.583. The summed E-state index contributed by atoms with van der Waals surface area (Å²) in [6.07, 6.45) is 0. The van der Waals surface area contributed by atoms with Crippen molar-refractivity contribution in [3.8, 4) is 12.1 Å². The average Bonchev–Trinajstić information content (AvgIpc) is 2.04. The van der Waals surface area contributed by atoms with Gasteiger partial charge in [-0.25, -0.2) is 0 Å². The molecule has 0 saturated heterocycles. The van der Waals surface area contributed by atoms with Crippen molar-refractivity contribution < 1.29 is 17.1 Å². The van der Waals surface area contributed by atoms with Crippen LogP contribution in [0.1, 0.15) is 11.1 Å². The van der Waals surface area contributed by atoms with Crippen LogP contribution in [-0.4, -0.2) is 0 Å². The van der Waals surface area contributed by atoms with Gasteiger partial charge in [0.2, 0.25) is 0 Å². The van der Waals surface area contributed by atoms with Crippen LogP contribution in [0.5, 0.6) is 0 Å². The molecule has 0 aromatic heterocycles. The Bertz CT molecular complexity index is 287. The number of nitrogens with zero attached hydrogens (tertiary/aromatic N) is 2. The second-order valence-electron chi connectivity index (χ2n) is 1.77. The number of rotatable bonds is 0. The normalized spacial score (nSPS) is 7.09. The summed E-state index contributed by atoms with van der Waals surface area (Å²) in [5.41, 5.74) is 0.870. The fourth-order valence-electron chi connectivity index (χ4n) is 0.678. The molecule has 0 heterocycles. The molecule has 0 bridgehead atoms. The Morgan fingerprint density at radius 3 is 1.55 bits per heavy atom. The molecule has 0 aliphatic rings. The second-order valence-corrected chi connectivity index (χ2v) is 1.77. The molecule has 0 fully saturated rings. The predicted molar refractivity (Wildman–Crippen MR) is 35.9 cm³/mol. The van der Waals surface area contributed by atoms with Crippen LogP contribution in [0.2, 0.25) is 0 Å². The number of nitriles is 2. The number of hydrogen-bond acceptors (Lipinski definition) is 2. The zero-order valence-electron chi connectivity index (χ0n) is 5.51. The average molecular weight is 192 g/mol. The van der Waals surface area contributed by atoms with Gasteiger partial charge < -0.3 is 0 Å². The Hall–Kier alpha value is -1.28. The Morgan fingerprint density at radius 1 is 0.909 bits per heavy atom. The van der Waals surface area contributed by atoms with Crippen LogP contribution < -0.4 is 0 Å². The smallest absolute Gasteiger partial charge is 0.192 e. The summed E-state index contributed by atoms with van der Waals surface area (Å²) in [5.74, 6) is 0. The van der Waals surface area contributed by atoms with E-state index in [-0.39, 0.29) is 17.1 Å². The molecule has 0 spiro atoms. The van der Waals surface area contributed by atoms with Gasteiger partial charge in [-0.15, -0.1) is 0 Å². The van der Waals surface area contributed by atoms with E-state index in [1.54, 1.807) is 24.3 Å². The van der Waals surface area contributed by atoms with Gasteiger partial charge in [-0.2, -0.15) is 10.5 Å². The van der Waals surface area contributed by atoms with E-state index in [0.717, 1.165) is 0 Å². The molecule has 1 rings (SSSR count). The van der Waals surface area contributed by atoms with Gasteiger partial charge in [0.05, 0.1) is 11.1 Å². The van der Waals surface area contributed by atoms with Crippen LogP contribution in [0.4, 0.5) is 0 Å². The molecule has 0 N–H and O–H groups in total. The van der Waals surface area contributed by atoms with Gasteiger partial charge in [-0.3, -0.25) is 0 Å². The first kappa shape index (κ1) is 9.72. The van der Waals surface area contributed by atoms with Gasteiger partial charge in [0.25, 0.3) is 0 Å². The van der Waals surface area contributed by atoms with E-state index in [0.29, 0.717) is 11.1 Å². The summed E-state index contributed by atoms with van der Waals surface area (Å²) in [6.45, 7) is 0. The van der Waals surface area contributed by atoms with E-state index >= 15 is 0 Å². The van der Waals surface area contributed by atoms with Crippen LogP contribution in [0.3, 0.4) is 0 Å². The molecule has 3 heteroatoms. The molecule has 55 valence electrons. The van der Waals surface area contributed by atoms with E-state index in [1.807, 2.05) is 12.1 Å². The van der Waals surface area contributed by atoms with Crippen molar-refractivity contribution in [3.05, 3.63) is 35.4 Å². The molecule has 1 radical (unpaired) electrons. The molecule has 0 unspecified atom stereocenters. The fraction of sp³-hybridized carbons (Fsp3) is 0. The van der Waals surface area contributed by atoms with Crippen molar-refractivity contribution in [2.45, 2.75) is 0 Å². The largest absolute Gasteiger partial charge is 2.00 e. The van der Waals surface area contributed by atoms with E-state index < -0.39 is 0 Å². The monoisotopic (exact) mass is 191 g/mol. The second kappa shape index (κ2) is 4.52. The Kier molecular flexibility index (Phi) is 4.00. The van der Waals surface area contributed by atoms with Crippen molar-refractivity contribution in [1.29, 1.82) is 10.5 Å². The minimum absolute atomic E-state index is 0. The van der Waals surface area contributed by atoms with E-state index in [4.69, 9.17) is 10.5 Å². The van der Waals surface area contributed by atoms with Crippen molar-refractivity contribution in [1.82, 2.24) is 0 Å². The summed E-state index contributed by atoms with van der Waals surface area (Å²) in [5, 5.41) is 16.9. The van der Waals surface area contributed by atoms with Crippen LogP contribution in [-0.2, 0) is 17.1 Å². The van der Waals surface area contributed by atoms with Crippen LogP contribution in [0.15, 0.2) is 24.3 Å². The van der Waals surface area contributed by atoms with Crippen LogP contribution in [0.25, 0.3) is 0 Å². The number of hydrogen-bond donors (Lipinski definition) is 0. The van der Waals surface area contributed by atoms with Gasteiger partial charge in [0.15, 0.2) is 0 Å². The van der Waals surface area contributed by atoms with Crippen molar-refractivity contribution in [2.24, 2.45) is 0 Å². The summed E-state index contributed by atoms with van der Waals surface area (Å²) in [4.78, 5) is 0. The summed E-state index contributed by atoms with van der Waals surface area (Å²) < 4.78 is 0. The number of benzene rings is 1. The molecule has 1 aromatic carbocycles. The maximum absolute atomic E-state index is 8.45. The fourth-order valence-corrected chi connectivity index (χ4v) is 0.678. The molecular formula is C8H4CuN2+2. The van der Waals surface area contributed by atoms with Gasteiger partial charge >= 0.3 is 17.1 Å². The first-order valence-electron chi connectivity index (χ1n) is 2.77. The Labute approximate surface area is 75.5 Å². The molecular weight excluding hydrogens is 188 g/mol. The van der Waals surface area contributed by atoms with Crippen molar-refractivity contribution >= 4 is 0 Å². The van der Waals surface area contributed by atoms with Crippen molar-refractivity contribution in [2.75, 3.05) is 0 Å². The Balaban J connectivity index is 0.000001000. The maximum Gasteiger partial charge on any atom is 2.00 e. The standard InChI is InChI=1S/C8H4N2.Cu/c9-5-7-3-1-2-4-8(7)6-10;/h1-4H;/q;+2. The van der Waals surface area contributed by atoms with Crippen LogP contribution >= 0.6 is 0 Å². The molecule has 0 atom stereocenters. The van der Waals surface area contributed by atoms with E-state index in [9.17, 15) is 0 Å². The molecule has 0 amide bonds. The zero-order chi connectivity index (χ0) is 7.40. The van der Waals surface area contributed by atoms with Crippen LogP contribution in [0, 0.1) is 22.7 Å². The first-order valence-corrected chi connectivity index (χ1v) is 2.77. The first-order chi connectivity index (χ1) is 4.88. The third-order valence-electron chi connectivity index (χ3n) is 1.17. The molecule has 1 aromatic rings. The molecule has 0 aliphatic heterocycles. The molecule has 0 aliphatic carbocycles. The zero-order valence-corrected chi connectivity index (χ0v) is 6.45. The van der Waals surface area contributed by atoms with Gasteiger partial charge in [-0.05, 0) is 12.1 Å². The third-order valence-corrected chi connectivity index (χ3v) is 1.17. The molecule has 0 saturated carbocycles. The molecule has 11 heavy (non-hydrogen) atoms. The molecule has 2 nitrogen and oxygen atoms in total. The van der Waals surface area contributed by atoms with E-state index in [1.165, 1.54) is 0 Å². The SMILES string of the molecule is N#Cc1ccccc1C#N.[Cu+2]. The summed E-state index contributed by atoms with van der Waals surface area (Å²) in [7, 11) is 0.